The SMILES string of the molecule is CCCN(C)CCCOc1cc(-c2nc(C(=O)NC3CCC(O)CC3)ccc2-c2ccccc2CC)ccc1Cl. The van der Waals surface area contributed by atoms with E-state index in [9.17, 15) is 9.90 Å². The highest BCUT2D eigenvalue weighted by Crippen LogP contribution is 2.37. The number of benzene rings is 2. The number of aliphatic hydroxyl groups is 1. The number of aryl methyl sites for hydroxylation is 1. The van der Waals surface area contributed by atoms with Gasteiger partial charge in [-0.15, -0.1) is 0 Å². The number of nitrogens with one attached hydrogen (secondary N) is 1. The number of hydrogen-bond acceptors (Lipinski definition) is 5. The molecule has 4 rings (SSSR count). The molecule has 0 atom stereocenters. The second-order valence-electron chi connectivity index (χ2n) is 10.7. The predicted molar refractivity (Wildman–Crippen MR) is 163 cm³/mol. The standard InChI is InChI=1S/C33H42ClN3O3/c1-4-19-37(3)20-8-21-40-31-22-24(11-17-29(31)34)32-28(27-10-7-6-9-23(27)5-2)16-18-30(36-32)33(39)35-25-12-14-26(38)15-13-25/h6-7,9-11,16-18,22,25-26,38H,4-5,8,12-15,19-21H2,1-3H3,(H,35,39). The van der Waals surface area contributed by atoms with Gasteiger partial charge in [-0.25, -0.2) is 4.98 Å². The highest BCUT2D eigenvalue weighted by molar-refractivity contribution is 6.32. The van der Waals surface area contributed by atoms with E-state index in [2.05, 4.69) is 43.2 Å². The van der Waals surface area contributed by atoms with Crippen molar-refractivity contribution in [3.8, 4) is 28.1 Å². The van der Waals surface area contributed by atoms with Gasteiger partial charge in [0.05, 0.1) is 23.4 Å². The molecule has 1 aliphatic carbocycles. The lowest BCUT2D eigenvalue weighted by Gasteiger charge is -2.26. The lowest BCUT2D eigenvalue weighted by molar-refractivity contribution is 0.0863. The summed E-state index contributed by atoms with van der Waals surface area (Å²) in [5.41, 5.74) is 5.21. The van der Waals surface area contributed by atoms with Crippen LogP contribution in [0.5, 0.6) is 5.75 Å². The van der Waals surface area contributed by atoms with Crippen LogP contribution in [0.1, 0.15) is 68.4 Å². The van der Waals surface area contributed by atoms with Gasteiger partial charge in [0.15, 0.2) is 0 Å². The maximum atomic E-state index is 13.3. The molecular weight excluding hydrogens is 522 g/mol. The van der Waals surface area contributed by atoms with E-state index in [1.807, 2.05) is 36.4 Å². The molecule has 3 aromatic rings. The van der Waals surface area contributed by atoms with Crippen molar-refractivity contribution in [2.24, 2.45) is 0 Å². The number of amides is 1. The Morgan fingerprint density at radius 2 is 1.82 bits per heavy atom. The van der Waals surface area contributed by atoms with Gasteiger partial charge in [-0.1, -0.05) is 55.8 Å². The normalized spacial score (nSPS) is 17.1. The highest BCUT2D eigenvalue weighted by Gasteiger charge is 2.23. The van der Waals surface area contributed by atoms with Gasteiger partial charge in [-0.05, 0) is 93.9 Å². The summed E-state index contributed by atoms with van der Waals surface area (Å²) in [6.07, 6.45) is 5.60. The van der Waals surface area contributed by atoms with Gasteiger partial charge >= 0.3 is 0 Å². The second-order valence-corrected chi connectivity index (χ2v) is 11.1. The largest absolute Gasteiger partial charge is 0.492 e. The van der Waals surface area contributed by atoms with Gasteiger partial charge in [0.1, 0.15) is 11.4 Å². The van der Waals surface area contributed by atoms with Gasteiger partial charge in [-0.2, -0.15) is 0 Å². The minimum absolute atomic E-state index is 0.0496. The Balaban J connectivity index is 1.64. The van der Waals surface area contributed by atoms with E-state index in [4.69, 9.17) is 21.3 Å². The molecule has 0 saturated heterocycles. The molecule has 1 amide bonds. The van der Waals surface area contributed by atoms with Crippen LogP contribution in [0, 0.1) is 0 Å². The molecule has 40 heavy (non-hydrogen) atoms. The molecule has 1 aromatic heterocycles. The molecule has 0 unspecified atom stereocenters. The third kappa shape index (κ3) is 7.84. The molecule has 7 heteroatoms. The number of rotatable bonds is 12. The Labute approximate surface area is 243 Å². The summed E-state index contributed by atoms with van der Waals surface area (Å²) in [6, 6.07) is 17.9. The summed E-state index contributed by atoms with van der Waals surface area (Å²) < 4.78 is 6.12. The number of halogens is 1. The highest BCUT2D eigenvalue weighted by atomic mass is 35.5. The average molecular weight is 564 g/mol. The summed E-state index contributed by atoms with van der Waals surface area (Å²) in [4.78, 5) is 20.5. The maximum absolute atomic E-state index is 13.3. The third-order valence-electron chi connectivity index (χ3n) is 7.60. The van der Waals surface area contributed by atoms with Crippen molar-refractivity contribution in [3.63, 3.8) is 0 Å². The second kappa shape index (κ2) is 14.6. The zero-order valence-electron chi connectivity index (χ0n) is 24.0. The van der Waals surface area contributed by atoms with E-state index < -0.39 is 0 Å². The van der Waals surface area contributed by atoms with Crippen LogP contribution in [0.15, 0.2) is 54.6 Å². The van der Waals surface area contributed by atoms with E-state index in [1.165, 1.54) is 5.56 Å². The molecule has 6 nitrogen and oxygen atoms in total. The zero-order chi connectivity index (χ0) is 28.5. The molecule has 2 aromatic carbocycles. The molecule has 1 aliphatic rings. The fourth-order valence-electron chi connectivity index (χ4n) is 5.37. The Morgan fingerprint density at radius 3 is 2.58 bits per heavy atom. The van der Waals surface area contributed by atoms with Gasteiger partial charge in [-0.3, -0.25) is 4.79 Å². The van der Waals surface area contributed by atoms with Gasteiger partial charge in [0.2, 0.25) is 0 Å². The van der Waals surface area contributed by atoms with Crippen LogP contribution < -0.4 is 10.1 Å². The topological polar surface area (TPSA) is 74.7 Å². The van der Waals surface area contributed by atoms with Gasteiger partial charge < -0.3 is 20.1 Å². The molecule has 1 fully saturated rings. The molecular formula is C33H42ClN3O3. The number of carbonyl (C=O) groups excluding carboxylic acids is 1. The van der Waals surface area contributed by atoms with E-state index in [0.29, 0.717) is 35.9 Å². The van der Waals surface area contributed by atoms with Gasteiger partial charge in [0.25, 0.3) is 5.91 Å². The quantitative estimate of drug-likeness (QED) is 0.238. The molecule has 0 aliphatic heterocycles. The molecule has 1 heterocycles. The van der Waals surface area contributed by atoms with Crippen molar-refractivity contribution in [2.45, 2.75) is 70.9 Å². The summed E-state index contributed by atoms with van der Waals surface area (Å²) >= 11 is 6.54. The lowest BCUT2D eigenvalue weighted by atomic mass is 9.92. The van der Waals surface area contributed by atoms with Crippen molar-refractivity contribution in [3.05, 3.63) is 70.9 Å². The number of nitrogens with zero attached hydrogens (tertiary/aromatic N) is 2. The smallest absolute Gasteiger partial charge is 0.270 e. The van der Waals surface area contributed by atoms with E-state index in [1.54, 1.807) is 6.07 Å². The van der Waals surface area contributed by atoms with Crippen molar-refractivity contribution in [2.75, 3.05) is 26.7 Å². The van der Waals surface area contributed by atoms with Crippen molar-refractivity contribution in [1.29, 1.82) is 0 Å². The number of hydrogen-bond donors (Lipinski definition) is 2. The average Bonchev–Trinajstić information content (AvgIpc) is 2.97. The number of aliphatic hydroxyl groups excluding tert-OH is 1. The number of ether oxygens (including phenoxy) is 1. The third-order valence-corrected chi connectivity index (χ3v) is 7.91. The van der Waals surface area contributed by atoms with Crippen LogP contribution >= 0.6 is 11.6 Å². The monoisotopic (exact) mass is 563 g/mol. The maximum Gasteiger partial charge on any atom is 0.270 e. The van der Waals surface area contributed by atoms with E-state index in [-0.39, 0.29) is 18.1 Å². The van der Waals surface area contributed by atoms with Crippen LogP contribution in [0.3, 0.4) is 0 Å². The van der Waals surface area contributed by atoms with E-state index >= 15 is 0 Å². The summed E-state index contributed by atoms with van der Waals surface area (Å²) in [5.74, 6) is 0.420. The zero-order valence-corrected chi connectivity index (χ0v) is 24.7. The first-order valence-electron chi connectivity index (χ1n) is 14.6. The minimum Gasteiger partial charge on any atom is -0.492 e. The van der Waals surface area contributed by atoms with Crippen molar-refractivity contribution < 1.29 is 14.6 Å². The number of aromatic nitrogens is 1. The first-order chi connectivity index (χ1) is 19.4. The molecule has 0 spiro atoms. The molecule has 1 saturated carbocycles. The van der Waals surface area contributed by atoms with Crippen molar-refractivity contribution in [1.82, 2.24) is 15.2 Å². The molecule has 0 bridgehead atoms. The predicted octanol–water partition coefficient (Wildman–Crippen LogP) is 6.78. The van der Waals surface area contributed by atoms with E-state index in [0.717, 1.165) is 67.6 Å². The van der Waals surface area contributed by atoms with Crippen LogP contribution in [-0.2, 0) is 6.42 Å². The summed E-state index contributed by atoms with van der Waals surface area (Å²) in [7, 11) is 2.12. The number of pyridine rings is 1. The fourth-order valence-corrected chi connectivity index (χ4v) is 5.54. The Hall–Kier alpha value is -2.93. The van der Waals surface area contributed by atoms with Gasteiger partial charge in [0, 0.05) is 23.7 Å². The summed E-state index contributed by atoms with van der Waals surface area (Å²) in [5, 5.41) is 13.5. The molecule has 2 N–H and O–H groups in total. The lowest BCUT2D eigenvalue weighted by Crippen LogP contribution is -2.38. The fraction of sp³-hybridized carbons (Fsp3) is 0.455. The van der Waals surface area contributed by atoms with Crippen LogP contribution in [0.4, 0.5) is 0 Å². The Bertz CT molecular complexity index is 1270. The Kier molecular flexibility index (Phi) is 11.0. The number of carbonyl (C=O) groups is 1. The van der Waals surface area contributed by atoms with Crippen LogP contribution in [0.2, 0.25) is 5.02 Å². The first kappa shape index (κ1) is 30.0. The van der Waals surface area contributed by atoms with Crippen LogP contribution in [0.25, 0.3) is 22.4 Å². The summed E-state index contributed by atoms with van der Waals surface area (Å²) in [6.45, 7) is 6.91. The van der Waals surface area contributed by atoms with Crippen LogP contribution in [-0.4, -0.2) is 59.8 Å². The minimum atomic E-state index is -0.269. The Morgan fingerprint density at radius 1 is 1.05 bits per heavy atom. The first-order valence-corrected chi connectivity index (χ1v) is 15.0. The molecule has 214 valence electrons. The molecule has 0 radical (unpaired) electrons. The van der Waals surface area contributed by atoms with Crippen molar-refractivity contribution >= 4 is 17.5 Å².